The molecule has 3 nitrogen and oxygen atoms in total. The highest BCUT2D eigenvalue weighted by molar-refractivity contribution is 5.74. The first-order valence-corrected chi connectivity index (χ1v) is 5.54. The van der Waals surface area contributed by atoms with Gasteiger partial charge in [0.15, 0.2) is 0 Å². The second-order valence-corrected chi connectivity index (χ2v) is 3.62. The van der Waals surface area contributed by atoms with Crippen molar-refractivity contribution >= 4 is 6.03 Å². The van der Waals surface area contributed by atoms with Crippen molar-refractivity contribution in [2.24, 2.45) is 0 Å². The van der Waals surface area contributed by atoms with E-state index in [-0.39, 0.29) is 0 Å². The van der Waals surface area contributed by atoms with E-state index < -0.39 is 12.3 Å². The van der Waals surface area contributed by atoms with Crippen LogP contribution in [-0.2, 0) is 0 Å². The largest absolute Gasteiger partial charge is 0.485 e. The Bertz CT molecular complexity index is 199. The number of carbonyl (C=O) groups is 1. The number of rotatable bonds is 6. The molecule has 0 spiro atoms. The predicted octanol–water partition coefficient (Wildman–Crippen LogP) is 3.12. The first-order valence-electron chi connectivity index (χ1n) is 5.54. The van der Waals surface area contributed by atoms with E-state index in [0.717, 1.165) is 31.0 Å². The topological polar surface area (TPSA) is 32.3 Å². The Labute approximate surface area is 94.0 Å². The SMILES string of the molecule is CCCCN(CCCC)C(=O)NC(F)(F)F. The molecule has 0 aromatic rings. The molecule has 0 saturated heterocycles. The van der Waals surface area contributed by atoms with E-state index in [4.69, 9.17) is 0 Å². The van der Waals surface area contributed by atoms with Crippen molar-refractivity contribution in [1.82, 2.24) is 10.2 Å². The maximum absolute atomic E-state index is 12.0. The molecule has 0 atom stereocenters. The van der Waals surface area contributed by atoms with Crippen LogP contribution >= 0.6 is 0 Å². The molecular formula is C10H19F3N2O. The zero-order valence-corrected chi connectivity index (χ0v) is 9.73. The number of nitrogens with zero attached hydrogens (tertiary/aromatic N) is 1. The minimum atomic E-state index is -4.65. The molecule has 2 amide bonds. The number of amides is 2. The van der Waals surface area contributed by atoms with E-state index in [1.165, 1.54) is 4.90 Å². The van der Waals surface area contributed by atoms with Crippen molar-refractivity contribution in [1.29, 1.82) is 0 Å². The number of unbranched alkanes of at least 4 members (excludes halogenated alkanes) is 2. The second kappa shape index (κ2) is 7.35. The van der Waals surface area contributed by atoms with Crippen LogP contribution in [0.3, 0.4) is 0 Å². The molecule has 0 aliphatic carbocycles. The van der Waals surface area contributed by atoms with Crippen LogP contribution in [-0.4, -0.2) is 30.3 Å². The van der Waals surface area contributed by atoms with Crippen LogP contribution in [0, 0.1) is 0 Å². The average Bonchev–Trinajstić information content (AvgIpc) is 2.15. The first-order chi connectivity index (χ1) is 7.40. The predicted molar refractivity (Wildman–Crippen MR) is 56.0 cm³/mol. The standard InChI is InChI=1S/C10H19F3N2O/c1-3-5-7-15(8-6-4-2)9(16)14-10(11,12)13/h3-8H2,1-2H3,(H,14,16). The number of hydrogen-bond donors (Lipinski definition) is 1. The highest BCUT2D eigenvalue weighted by Crippen LogP contribution is 2.11. The monoisotopic (exact) mass is 240 g/mol. The van der Waals surface area contributed by atoms with Crippen LogP contribution in [0.15, 0.2) is 0 Å². The van der Waals surface area contributed by atoms with Crippen molar-refractivity contribution in [3.8, 4) is 0 Å². The Morgan fingerprint density at radius 2 is 1.56 bits per heavy atom. The molecule has 16 heavy (non-hydrogen) atoms. The van der Waals surface area contributed by atoms with Gasteiger partial charge in [-0.1, -0.05) is 26.7 Å². The summed E-state index contributed by atoms with van der Waals surface area (Å²) in [7, 11) is 0. The Morgan fingerprint density at radius 1 is 1.12 bits per heavy atom. The minimum absolute atomic E-state index is 0.373. The first kappa shape index (κ1) is 15.1. The summed E-state index contributed by atoms with van der Waals surface area (Å²) in [6.07, 6.45) is -1.51. The highest BCUT2D eigenvalue weighted by Gasteiger charge is 2.31. The van der Waals surface area contributed by atoms with Gasteiger partial charge in [0.1, 0.15) is 0 Å². The van der Waals surface area contributed by atoms with E-state index in [0.29, 0.717) is 13.1 Å². The van der Waals surface area contributed by atoms with Gasteiger partial charge in [-0.15, -0.1) is 0 Å². The van der Waals surface area contributed by atoms with Crippen molar-refractivity contribution in [3.63, 3.8) is 0 Å². The van der Waals surface area contributed by atoms with Crippen molar-refractivity contribution in [2.45, 2.75) is 45.8 Å². The number of carbonyl (C=O) groups excluding carboxylic acids is 1. The van der Waals surface area contributed by atoms with Gasteiger partial charge in [-0.25, -0.2) is 10.1 Å². The Morgan fingerprint density at radius 3 is 1.88 bits per heavy atom. The molecule has 0 heterocycles. The number of alkyl halides is 3. The van der Waals surface area contributed by atoms with Crippen LogP contribution < -0.4 is 5.32 Å². The molecule has 0 radical (unpaired) electrons. The van der Waals surface area contributed by atoms with Gasteiger partial charge >= 0.3 is 12.3 Å². The van der Waals surface area contributed by atoms with Gasteiger partial charge in [0.25, 0.3) is 0 Å². The highest BCUT2D eigenvalue weighted by atomic mass is 19.4. The van der Waals surface area contributed by atoms with Gasteiger partial charge in [0, 0.05) is 13.1 Å². The number of halogens is 3. The molecule has 0 aromatic carbocycles. The summed E-state index contributed by atoms with van der Waals surface area (Å²) in [4.78, 5) is 12.5. The zero-order valence-electron chi connectivity index (χ0n) is 9.73. The Kier molecular flexibility index (Phi) is 6.92. The van der Waals surface area contributed by atoms with Crippen molar-refractivity contribution < 1.29 is 18.0 Å². The third-order valence-corrected chi connectivity index (χ3v) is 2.10. The number of hydrogen-bond acceptors (Lipinski definition) is 1. The van der Waals surface area contributed by atoms with Crippen molar-refractivity contribution in [2.75, 3.05) is 13.1 Å². The summed E-state index contributed by atoms with van der Waals surface area (Å²) >= 11 is 0. The maximum atomic E-state index is 12.0. The van der Waals surface area contributed by atoms with Gasteiger partial charge in [-0.05, 0) is 12.8 Å². The summed E-state index contributed by atoms with van der Waals surface area (Å²) in [5, 5.41) is 1.02. The van der Waals surface area contributed by atoms with Gasteiger partial charge in [-0.3, -0.25) is 0 Å². The Balaban J connectivity index is 4.19. The summed E-state index contributed by atoms with van der Waals surface area (Å²) in [6.45, 7) is 4.61. The average molecular weight is 240 g/mol. The molecule has 0 rings (SSSR count). The summed E-state index contributed by atoms with van der Waals surface area (Å²) in [6, 6.07) is -1.05. The van der Waals surface area contributed by atoms with Crippen LogP contribution in [0.1, 0.15) is 39.5 Å². The molecule has 6 heteroatoms. The quantitative estimate of drug-likeness (QED) is 0.711. The normalized spacial score (nSPS) is 11.3. The molecule has 0 aromatic heterocycles. The molecule has 0 saturated carbocycles. The van der Waals surface area contributed by atoms with E-state index in [2.05, 4.69) is 0 Å². The van der Waals surface area contributed by atoms with Gasteiger partial charge in [0.05, 0.1) is 0 Å². The number of urea groups is 1. The molecule has 0 aliphatic rings. The van der Waals surface area contributed by atoms with Gasteiger partial charge in [-0.2, -0.15) is 13.2 Å². The lowest BCUT2D eigenvalue weighted by Gasteiger charge is -2.23. The van der Waals surface area contributed by atoms with Gasteiger partial charge in [0.2, 0.25) is 0 Å². The van der Waals surface area contributed by atoms with E-state index in [1.807, 2.05) is 13.8 Å². The fourth-order valence-corrected chi connectivity index (χ4v) is 1.21. The van der Waals surface area contributed by atoms with Crippen LogP contribution in [0.25, 0.3) is 0 Å². The zero-order chi connectivity index (χ0) is 12.6. The molecule has 0 unspecified atom stereocenters. The van der Waals surface area contributed by atoms with Crippen LogP contribution in [0.5, 0.6) is 0 Å². The summed E-state index contributed by atoms with van der Waals surface area (Å²) < 4.78 is 35.9. The third-order valence-electron chi connectivity index (χ3n) is 2.10. The van der Waals surface area contributed by atoms with Crippen LogP contribution in [0.4, 0.5) is 18.0 Å². The Hall–Kier alpha value is -0.940. The molecule has 1 N–H and O–H groups in total. The smallest absolute Gasteiger partial charge is 0.325 e. The number of nitrogens with one attached hydrogen (secondary N) is 1. The van der Waals surface area contributed by atoms with Gasteiger partial charge < -0.3 is 4.90 Å². The lowest BCUT2D eigenvalue weighted by molar-refractivity contribution is -0.147. The lowest BCUT2D eigenvalue weighted by atomic mass is 10.3. The van der Waals surface area contributed by atoms with Crippen molar-refractivity contribution in [3.05, 3.63) is 0 Å². The summed E-state index contributed by atoms with van der Waals surface area (Å²) in [5.74, 6) is 0. The molecular weight excluding hydrogens is 221 g/mol. The molecule has 0 fully saturated rings. The maximum Gasteiger partial charge on any atom is 0.485 e. The summed E-state index contributed by atoms with van der Waals surface area (Å²) in [5.41, 5.74) is 0. The fraction of sp³-hybridized carbons (Fsp3) is 0.900. The van der Waals surface area contributed by atoms with Crippen LogP contribution in [0.2, 0.25) is 0 Å². The molecule has 0 aliphatic heterocycles. The molecule has 96 valence electrons. The lowest BCUT2D eigenvalue weighted by Crippen LogP contribution is -2.47. The molecule has 0 bridgehead atoms. The van der Waals surface area contributed by atoms with E-state index >= 15 is 0 Å². The third kappa shape index (κ3) is 7.36. The van der Waals surface area contributed by atoms with E-state index in [9.17, 15) is 18.0 Å². The second-order valence-electron chi connectivity index (χ2n) is 3.62. The minimum Gasteiger partial charge on any atom is -0.325 e. The fourth-order valence-electron chi connectivity index (χ4n) is 1.21. The van der Waals surface area contributed by atoms with E-state index in [1.54, 1.807) is 0 Å².